The molecule has 0 radical (unpaired) electrons. The Labute approximate surface area is 358 Å². The van der Waals surface area contributed by atoms with Gasteiger partial charge in [-0.2, -0.15) is 0 Å². The molecule has 0 aliphatic carbocycles. The predicted molar refractivity (Wildman–Crippen MR) is 247 cm³/mol. The largest absolute Gasteiger partial charge is 0.462 e. The molecule has 0 aromatic carbocycles. The van der Waals surface area contributed by atoms with Gasteiger partial charge in [-0.1, -0.05) is 216 Å². The third-order valence-electron chi connectivity index (χ3n) is 10.3. The second-order valence-corrected chi connectivity index (χ2v) is 16.0. The van der Waals surface area contributed by atoms with Crippen molar-refractivity contribution in [1.29, 1.82) is 0 Å². The van der Waals surface area contributed by atoms with Gasteiger partial charge in [0.25, 0.3) is 0 Å². The summed E-state index contributed by atoms with van der Waals surface area (Å²) in [4.78, 5) is 37.7. The van der Waals surface area contributed by atoms with E-state index < -0.39 is 12.1 Å². The maximum Gasteiger partial charge on any atom is 0.309 e. The quantitative estimate of drug-likeness (QED) is 0.0201. The lowest BCUT2D eigenvalue weighted by Gasteiger charge is -2.18. The number of ether oxygens (including phenoxy) is 3. The Morgan fingerprint density at radius 3 is 1.28 bits per heavy atom. The van der Waals surface area contributed by atoms with Gasteiger partial charge in [-0.15, -0.1) is 0 Å². The van der Waals surface area contributed by atoms with Gasteiger partial charge in [0.2, 0.25) is 0 Å². The Hall–Kier alpha value is -2.89. The molecule has 58 heavy (non-hydrogen) atoms. The minimum Gasteiger partial charge on any atom is -0.462 e. The molecule has 0 aromatic rings. The van der Waals surface area contributed by atoms with Crippen molar-refractivity contribution in [1.82, 2.24) is 0 Å². The van der Waals surface area contributed by atoms with Gasteiger partial charge in [0.1, 0.15) is 13.2 Å². The number of hydrogen-bond donors (Lipinski definition) is 0. The lowest BCUT2D eigenvalue weighted by Crippen LogP contribution is -2.30. The Balaban J connectivity index is 4.39. The number of rotatable bonds is 43. The summed E-state index contributed by atoms with van der Waals surface area (Å²) in [7, 11) is 0. The second kappa shape index (κ2) is 46.8. The van der Waals surface area contributed by atoms with Gasteiger partial charge in [0.15, 0.2) is 6.10 Å². The molecule has 0 saturated heterocycles. The first-order valence-corrected chi connectivity index (χ1v) is 24.3. The summed E-state index contributed by atoms with van der Waals surface area (Å²) in [5.74, 6) is -1.04. The normalized spacial score (nSPS) is 12.5. The third-order valence-corrected chi connectivity index (χ3v) is 10.3. The van der Waals surface area contributed by atoms with Gasteiger partial charge in [0, 0.05) is 12.8 Å². The van der Waals surface area contributed by atoms with Gasteiger partial charge in [-0.05, 0) is 57.8 Å². The van der Waals surface area contributed by atoms with Crippen molar-refractivity contribution >= 4 is 17.9 Å². The van der Waals surface area contributed by atoms with E-state index in [9.17, 15) is 14.4 Å². The van der Waals surface area contributed by atoms with Crippen molar-refractivity contribution in [3.05, 3.63) is 60.8 Å². The van der Waals surface area contributed by atoms with Crippen LogP contribution < -0.4 is 0 Å². The van der Waals surface area contributed by atoms with Gasteiger partial charge in [-0.25, -0.2) is 0 Å². The van der Waals surface area contributed by atoms with Crippen LogP contribution in [0.25, 0.3) is 0 Å². The average molecular weight is 811 g/mol. The van der Waals surface area contributed by atoms with E-state index in [4.69, 9.17) is 14.2 Å². The van der Waals surface area contributed by atoms with Crippen LogP contribution in [-0.2, 0) is 28.6 Å². The van der Waals surface area contributed by atoms with Crippen LogP contribution in [0.5, 0.6) is 0 Å². The molecule has 0 rings (SSSR count). The number of allylic oxidation sites excluding steroid dienone is 9. The first-order valence-electron chi connectivity index (χ1n) is 24.3. The molecule has 6 heteroatoms. The molecule has 334 valence electrons. The van der Waals surface area contributed by atoms with Gasteiger partial charge < -0.3 is 14.2 Å². The molecule has 0 heterocycles. The van der Waals surface area contributed by atoms with E-state index in [0.717, 1.165) is 70.6 Å². The lowest BCUT2D eigenvalue weighted by molar-refractivity contribution is -0.166. The van der Waals surface area contributed by atoms with Crippen LogP contribution in [0.4, 0.5) is 0 Å². The van der Waals surface area contributed by atoms with E-state index in [1.807, 2.05) is 6.08 Å². The maximum absolute atomic E-state index is 12.7. The summed E-state index contributed by atoms with van der Waals surface area (Å²) in [6, 6.07) is 0. The highest BCUT2D eigenvalue weighted by molar-refractivity contribution is 5.72. The molecule has 0 saturated carbocycles. The maximum atomic E-state index is 12.7. The fraction of sp³-hybridized carbons (Fsp3) is 0.750. The zero-order valence-corrected chi connectivity index (χ0v) is 38.0. The van der Waals surface area contributed by atoms with Crippen LogP contribution in [-0.4, -0.2) is 37.2 Å². The van der Waals surface area contributed by atoms with Crippen molar-refractivity contribution in [3.8, 4) is 0 Å². The summed E-state index contributed by atoms with van der Waals surface area (Å²) in [5, 5.41) is 0. The first-order chi connectivity index (χ1) is 28.5. The number of carbonyl (C=O) groups excluding carboxylic acids is 3. The minimum absolute atomic E-state index is 0.104. The Kier molecular flexibility index (Phi) is 44.5. The molecule has 0 aliphatic heterocycles. The van der Waals surface area contributed by atoms with Crippen molar-refractivity contribution in [2.24, 2.45) is 0 Å². The molecule has 0 fully saturated rings. The fourth-order valence-electron chi connectivity index (χ4n) is 6.67. The van der Waals surface area contributed by atoms with Gasteiger partial charge >= 0.3 is 17.9 Å². The van der Waals surface area contributed by atoms with E-state index in [0.29, 0.717) is 12.8 Å². The topological polar surface area (TPSA) is 78.9 Å². The van der Waals surface area contributed by atoms with E-state index in [2.05, 4.69) is 69.4 Å². The Morgan fingerprint density at radius 1 is 0.397 bits per heavy atom. The molecule has 0 bridgehead atoms. The smallest absolute Gasteiger partial charge is 0.309 e. The van der Waals surface area contributed by atoms with E-state index in [-0.39, 0.29) is 31.6 Å². The molecule has 0 spiro atoms. The van der Waals surface area contributed by atoms with Crippen LogP contribution >= 0.6 is 0 Å². The zero-order valence-electron chi connectivity index (χ0n) is 38.0. The lowest BCUT2D eigenvalue weighted by atomic mass is 10.0. The molecule has 0 N–H and O–H groups in total. The van der Waals surface area contributed by atoms with Crippen LogP contribution in [0.3, 0.4) is 0 Å². The standard InChI is InChI=1S/C52H90O6/c1-4-7-10-13-16-19-21-23-25-27-28-30-33-36-39-42-45-51(54)57-48-49(47-56-50(53)44-41-38-35-32-18-15-12-9-6-3)58-52(55)46-43-40-37-34-31-29-26-24-22-20-17-14-11-8-5-2/h9,12,17-18,20,22,24,32,38,41,49H,4-8,10-11,13-16,19,21,23,25-31,33-37,39-40,42-48H2,1-3H3/b12-9-,20-17-,24-22-,32-18-,41-38-. The Bertz CT molecular complexity index is 1070. The monoisotopic (exact) mass is 811 g/mol. The molecule has 1 unspecified atom stereocenters. The first kappa shape index (κ1) is 55.1. The summed E-state index contributed by atoms with van der Waals surface area (Å²) >= 11 is 0. The zero-order chi connectivity index (χ0) is 42.3. The second-order valence-electron chi connectivity index (χ2n) is 16.0. The summed E-state index contributed by atoms with van der Waals surface area (Å²) in [5.41, 5.74) is 0. The molecule has 1 atom stereocenters. The number of esters is 3. The number of hydrogen-bond acceptors (Lipinski definition) is 6. The van der Waals surface area contributed by atoms with Crippen molar-refractivity contribution in [2.75, 3.05) is 13.2 Å². The van der Waals surface area contributed by atoms with Gasteiger partial charge in [0.05, 0.1) is 6.42 Å². The average Bonchev–Trinajstić information content (AvgIpc) is 3.22. The van der Waals surface area contributed by atoms with Crippen LogP contribution in [0.2, 0.25) is 0 Å². The summed E-state index contributed by atoms with van der Waals surface area (Å²) in [6.45, 7) is 6.39. The van der Waals surface area contributed by atoms with Crippen LogP contribution in [0.15, 0.2) is 60.8 Å². The molecular formula is C52H90O6. The molecule has 0 aromatic heterocycles. The van der Waals surface area contributed by atoms with Crippen molar-refractivity contribution < 1.29 is 28.6 Å². The highest BCUT2D eigenvalue weighted by Crippen LogP contribution is 2.15. The van der Waals surface area contributed by atoms with Crippen LogP contribution in [0.1, 0.15) is 233 Å². The van der Waals surface area contributed by atoms with Crippen LogP contribution in [0, 0.1) is 0 Å². The fourth-order valence-corrected chi connectivity index (χ4v) is 6.67. The van der Waals surface area contributed by atoms with E-state index in [1.54, 1.807) is 6.08 Å². The highest BCUT2D eigenvalue weighted by atomic mass is 16.6. The summed E-state index contributed by atoms with van der Waals surface area (Å²) in [6.07, 6.45) is 56.7. The highest BCUT2D eigenvalue weighted by Gasteiger charge is 2.19. The molecule has 6 nitrogen and oxygen atoms in total. The molecular weight excluding hydrogens is 721 g/mol. The number of unbranched alkanes of at least 4 members (excludes halogenated alkanes) is 24. The molecule has 0 amide bonds. The van der Waals surface area contributed by atoms with Gasteiger partial charge in [-0.3, -0.25) is 14.4 Å². The van der Waals surface area contributed by atoms with Crippen molar-refractivity contribution in [3.63, 3.8) is 0 Å². The van der Waals surface area contributed by atoms with E-state index >= 15 is 0 Å². The third kappa shape index (κ3) is 44.2. The number of carbonyl (C=O) groups is 3. The molecule has 0 aliphatic rings. The summed E-state index contributed by atoms with van der Waals surface area (Å²) < 4.78 is 16.6. The Morgan fingerprint density at radius 2 is 0.776 bits per heavy atom. The minimum atomic E-state index is -0.812. The van der Waals surface area contributed by atoms with E-state index in [1.165, 1.54) is 122 Å². The SMILES string of the molecule is CC/C=C\C/C=C\C/C=C\CC(=O)OCC(COC(=O)CCCCCCCCCCCCCCCCCC)OC(=O)CCCCCCCC/C=C\C=C/CCCCC. The predicted octanol–water partition coefficient (Wildman–Crippen LogP) is 15.7. The van der Waals surface area contributed by atoms with Crippen molar-refractivity contribution in [2.45, 2.75) is 239 Å².